The lowest BCUT2D eigenvalue weighted by Crippen LogP contribution is -2.43. The molecule has 0 saturated heterocycles. The van der Waals surface area contributed by atoms with Crippen molar-refractivity contribution in [3.8, 4) is 0 Å². The fourth-order valence-corrected chi connectivity index (χ4v) is 2.57. The Bertz CT molecular complexity index is 728. The third-order valence-corrected chi connectivity index (χ3v) is 4.08. The maximum atomic E-state index is 12.3. The molecule has 1 amide bonds. The topological polar surface area (TPSA) is 74.7 Å². The summed E-state index contributed by atoms with van der Waals surface area (Å²) in [6.07, 6.45) is 0.276. The Morgan fingerprint density at radius 1 is 0.920 bits per heavy atom. The van der Waals surface area contributed by atoms with E-state index in [2.05, 4.69) is 0 Å². The molecule has 2 aromatic carbocycles. The molecule has 0 radical (unpaired) electrons. The summed E-state index contributed by atoms with van der Waals surface area (Å²) >= 11 is 0. The SMILES string of the molecule is CN(C(=O)CCC(=O)c1ccccc1)C(Cc1ccccc1)C(=O)O. The van der Waals surface area contributed by atoms with Crippen LogP contribution in [0.5, 0.6) is 0 Å². The van der Waals surface area contributed by atoms with E-state index in [1.165, 1.54) is 11.9 Å². The van der Waals surface area contributed by atoms with E-state index in [0.717, 1.165) is 5.56 Å². The van der Waals surface area contributed by atoms with Crippen LogP contribution < -0.4 is 0 Å². The Kier molecular flexibility index (Phi) is 6.46. The largest absolute Gasteiger partial charge is 0.480 e. The third-order valence-electron chi connectivity index (χ3n) is 4.08. The van der Waals surface area contributed by atoms with Crippen LogP contribution in [0.2, 0.25) is 0 Å². The van der Waals surface area contributed by atoms with E-state index in [0.29, 0.717) is 5.56 Å². The van der Waals surface area contributed by atoms with Crippen molar-refractivity contribution in [1.82, 2.24) is 4.90 Å². The molecule has 0 aliphatic carbocycles. The molecule has 0 aliphatic rings. The van der Waals surface area contributed by atoms with Crippen LogP contribution in [-0.2, 0) is 16.0 Å². The fourth-order valence-electron chi connectivity index (χ4n) is 2.57. The predicted molar refractivity (Wildman–Crippen MR) is 94.3 cm³/mol. The lowest BCUT2D eigenvalue weighted by atomic mass is 10.0. The van der Waals surface area contributed by atoms with Gasteiger partial charge in [0.1, 0.15) is 6.04 Å². The zero-order chi connectivity index (χ0) is 18.2. The van der Waals surface area contributed by atoms with Gasteiger partial charge in [-0.25, -0.2) is 4.79 Å². The average molecular weight is 339 g/mol. The number of rotatable bonds is 8. The number of likely N-dealkylation sites (N-methyl/N-ethyl adjacent to an activating group) is 1. The van der Waals surface area contributed by atoms with Gasteiger partial charge in [0, 0.05) is 31.9 Å². The minimum Gasteiger partial charge on any atom is -0.480 e. The highest BCUT2D eigenvalue weighted by Crippen LogP contribution is 2.12. The Morgan fingerprint density at radius 3 is 2.04 bits per heavy atom. The molecule has 5 heteroatoms. The summed E-state index contributed by atoms with van der Waals surface area (Å²) in [7, 11) is 1.47. The number of Topliss-reactive ketones (excluding diaryl/α,β-unsaturated/α-hetero) is 1. The normalized spacial score (nSPS) is 11.6. The van der Waals surface area contributed by atoms with Crippen LogP contribution in [0.3, 0.4) is 0 Å². The predicted octanol–water partition coefficient (Wildman–Crippen LogP) is 2.80. The number of aliphatic carboxylic acids is 1. The van der Waals surface area contributed by atoms with Gasteiger partial charge in [-0.15, -0.1) is 0 Å². The number of hydrogen-bond donors (Lipinski definition) is 1. The fraction of sp³-hybridized carbons (Fsp3) is 0.250. The minimum absolute atomic E-state index is 0.0111. The smallest absolute Gasteiger partial charge is 0.326 e. The molecule has 0 saturated carbocycles. The number of carbonyl (C=O) groups is 3. The molecule has 0 spiro atoms. The molecule has 1 unspecified atom stereocenters. The van der Waals surface area contributed by atoms with Crippen molar-refractivity contribution in [2.75, 3.05) is 7.05 Å². The number of amides is 1. The first-order valence-corrected chi connectivity index (χ1v) is 8.09. The first-order valence-electron chi connectivity index (χ1n) is 8.09. The maximum Gasteiger partial charge on any atom is 0.326 e. The van der Waals surface area contributed by atoms with Crippen LogP contribution in [-0.4, -0.2) is 40.8 Å². The quantitative estimate of drug-likeness (QED) is 0.751. The molecule has 2 aromatic rings. The van der Waals surface area contributed by atoms with Crippen LogP contribution in [0.15, 0.2) is 60.7 Å². The van der Waals surface area contributed by atoms with Crippen LogP contribution in [0.1, 0.15) is 28.8 Å². The number of nitrogens with zero attached hydrogens (tertiary/aromatic N) is 1. The summed E-state index contributed by atoms with van der Waals surface area (Å²) in [6, 6.07) is 17.0. The molecular formula is C20H21NO4. The number of hydrogen-bond acceptors (Lipinski definition) is 3. The van der Waals surface area contributed by atoms with Gasteiger partial charge in [0.25, 0.3) is 0 Å². The third kappa shape index (κ3) is 5.28. The van der Waals surface area contributed by atoms with Crippen LogP contribution in [0.25, 0.3) is 0 Å². The van der Waals surface area contributed by atoms with E-state index in [9.17, 15) is 19.5 Å². The zero-order valence-corrected chi connectivity index (χ0v) is 14.1. The second-order valence-electron chi connectivity index (χ2n) is 5.84. The van der Waals surface area contributed by atoms with E-state index in [1.54, 1.807) is 24.3 Å². The highest BCUT2D eigenvalue weighted by molar-refractivity contribution is 5.98. The van der Waals surface area contributed by atoms with Gasteiger partial charge in [-0.1, -0.05) is 60.7 Å². The van der Waals surface area contributed by atoms with E-state index >= 15 is 0 Å². The summed E-state index contributed by atoms with van der Waals surface area (Å²) in [5, 5.41) is 9.45. The Labute approximate surface area is 146 Å². The number of ketones is 1. The molecule has 2 rings (SSSR count). The maximum absolute atomic E-state index is 12.3. The Balaban J connectivity index is 1.96. The summed E-state index contributed by atoms with van der Waals surface area (Å²) in [6.45, 7) is 0. The van der Waals surface area contributed by atoms with Gasteiger partial charge < -0.3 is 10.0 Å². The van der Waals surface area contributed by atoms with Crippen molar-refractivity contribution in [3.63, 3.8) is 0 Å². The highest BCUT2D eigenvalue weighted by atomic mass is 16.4. The minimum atomic E-state index is -1.06. The Morgan fingerprint density at radius 2 is 1.48 bits per heavy atom. The van der Waals surface area contributed by atoms with Crippen molar-refractivity contribution < 1.29 is 19.5 Å². The lowest BCUT2D eigenvalue weighted by molar-refractivity contribution is -0.148. The monoisotopic (exact) mass is 339 g/mol. The van der Waals surface area contributed by atoms with Crippen LogP contribution >= 0.6 is 0 Å². The molecule has 130 valence electrons. The lowest BCUT2D eigenvalue weighted by Gasteiger charge is -2.25. The van der Waals surface area contributed by atoms with Gasteiger partial charge in [-0.2, -0.15) is 0 Å². The molecule has 0 aliphatic heterocycles. The molecule has 0 heterocycles. The first-order chi connectivity index (χ1) is 12.0. The molecule has 5 nitrogen and oxygen atoms in total. The van der Waals surface area contributed by atoms with Crippen LogP contribution in [0, 0.1) is 0 Å². The van der Waals surface area contributed by atoms with Crippen molar-refractivity contribution >= 4 is 17.7 Å². The second-order valence-corrected chi connectivity index (χ2v) is 5.84. The van der Waals surface area contributed by atoms with E-state index < -0.39 is 12.0 Å². The summed E-state index contributed by atoms with van der Waals surface area (Å²) in [5.41, 5.74) is 1.40. The molecule has 0 bridgehead atoms. The molecular weight excluding hydrogens is 318 g/mol. The highest BCUT2D eigenvalue weighted by Gasteiger charge is 2.26. The van der Waals surface area contributed by atoms with Crippen molar-refractivity contribution in [2.24, 2.45) is 0 Å². The van der Waals surface area contributed by atoms with Gasteiger partial charge in [-0.3, -0.25) is 9.59 Å². The summed E-state index contributed by atoms with van der Waals surface area (Å²) in [4.78, 5) is 37.2. The number of carboxylic acids is 1. The Hall–Kier alpha value is -2.95. The van der Waals surface area contributed by atoms with Crippen molar-refractivity contribution in [2.45, 2.75) is 25.3 Å². The molecule has 1 N–H and O–H groups in total. The molecule has 0 fully saturated rings. The van der Waals surface area contributed by atoms with Gasteiger partial charge in [0.05, 0.1) is 0 Å². The van der Waals surface area contributed by atoms with Gasteiger partial charge in [0.2, 0.25) is 5.91 Å². The first kappa shape index (κ1) is 18.4. The number of carboxylic acid groups (broad SMARTS) is 1. The van der Waals surface area contributed by atoms with E-state index in [4.69, 9.17) is 0 Å². The molecule has 0 aromatic heterocycles. The van der Waals surface area contributed by atoms with E-state index in [-0.39, 0.29) is 31.0 Å². The summed E-state index contributed by atoms with van der Waals surface area (Å²) < 4.78 is 0. The summed E-state index contributed by atoms with van der Waals surface area (Å²) in [5.74, 6) is -1.54. The van der Waals surface area contributed by atoms with Gasteiger partial charge in [0.15, 0.2) is 5.78 Å². The average Bonchev–Trinajstić information content (AvgIpc) is 2.64. The molecule has 25 heavy (non-hydrogen) atoms. The zero-order valence-electron chi connectivity index (χ0n) is 14.1. The standard InChI is InChI=1S/C20H21NO4/c1-21(17(20(24)25)14-15-8-4-2-5-9-15)19(23)13-12-18(22)16-10-6-3-7-11-16/h2-11,17H,12-14H2,1H3,(H,24,25). The van der Waals surface area contributed by atoms with Gasteiger partial charge >= 0.3 is 5.97 Å². The van der Waals surface area contributed by atoms with E-state index in [1.807, 2.05) is 36.4 Å². The van der Waals surface area contributed by atoms with Crippen molar-refractivity contribution in [1.29, 1.82) is 0 Å². The van der Waals surface area contributed by atoms with Gasteiger partial charge in [-0.05, 0) is 5.56 Å². The number of benzene rings is 2. The second kappa shape index (κ2) is 8.78. The van der Waals surface area contributed by atoms with Crippen molar-refractivity contribution in [3.05, 3.63) is 71.8 Å². The number of carbonyl (C=O) groups excluding carboxylic acids is 2. The van der Waals surface area contributed by atoms with Crippen LogP contribution in [0.4, 0.5) is 0 Å². The molecule has 1 atom stereocenters.